The molecule has 162 valence electrons. The molecule has 0 bridgehead atoms. The van der Waals surface area contributed by atoms with Gasteiger partial charge in [0.05, 0.1) is 33.2 Å². The van der Waals surface area contributed by atoms with Gasteiger partial charge < -0.3 is 4.90 Å². The quantitative estimate of drug-likeness (QED) is 0.417. The molecule has 3 aromatic carbocycles. The number of carbonyl (C=O) groups excluding carboxylic acids is 1. The van der Waals surface area contributed by atoms with Crippen molar-refractivity contribution in [2.75, 3.05) is 7.05 Å². The fraction of sp³-hybridized carbons (Fsp3) is 0.192. The van der Waals surface area contributed by atoms with E-state index in [2.05, 4.69) is 0 Å². The number of amides is 1. The topological polar surface area (TPSA) is 55.2 Å². The predicted octanol–water partition coefficient (Wildman–Crippen LogP) is 5.49. The Kier molecular flexibility index (Phi) is 5.85. The van der Waals surface area contributed by atoms with E-state index in [9.17, 15) is 9.59 Å². The second kappa shape index (κ2) is 8.60. The van der Waals surface area contributed by atoms with E-state index in [1.54, 1.807) is 46.8 Å². The van der Waals surface area contributed by atoms with Gasteiger partial charge in [0.25, 0.3) is 11.5 Å². The number of para-hydroxylation sites is 1. The average Bonchev–Trinajstić information content (AvgIpc) is 2.78. The van der Waals surface area contributed by atoms with Crippen molar-refractivity contribution in [2.24, 2.45) is 0 Å². The van der Waals surface area contributed by atoms with Gasteiger partial charge in [-0.2, -0.15) is 0 Å². The van der Waals surface area contributed by atoms with E-state index < -0.39 is 6.04 Å². The number of carbonyl (C=O) groups is 1. The van der Waals surface area contributed by atoms with Crippen LogP contribution in [0.3, 0.4) is 0 Å². The van der Waals surface area contributed by atoms with Crippen LogP contribution in [0, 0.1) is 13.8 Å². The smallest absolute Gasteiger partial charge is 0.266 e. The standard InChI is InChI=1S/C26H24ClN3O2/c1-16-13-14-23(17(2)15-16)30-24(28-22-12-8-6-10-20(22)26(30)32)18(3)29(4)25(31)19-9-5-7-11-21(19)27/h5-15,18H,1-4H3. The van der Waals surface area contributed by atoms with Gasteiger partial charge in [-0.1, -0.05) is 53.6 Å². The highest BCUT2D eigenvalue weighted by Gasteiger charge is 2.26. The molecular weight excluding hydrogens is 422 g/mol. The Morgan fingerprint density at radius 2 is 1.72 bits per heavy atom. The molecule has 1 amide bonds. The Morgan fingerprint density at radius 3 is 2.44 bits per heavy atom. The molecule has 0 spiro atoms. The molecule has 0 saturated heterocycles. The lowest BCUT2D eigenvalue weighted by molar-refractivity contribution is 0.0735. The Bertz CT molecular complexity index is 1390. The maximum absolute atomic E-state index is 13.6. The minimum atomic E-state index is -0.489. The first kappa shape index (κ1) is 21.8. The summed E-state index contributed by atoms with van der Waals surface area (Å²) in [7, 11) is 1.70. The van der Waals surface area contributed by atoms with Gasteiger partial charge in [0.2, 0.25) is 0 Å². The van der Waals surface area contributed by atoms with Crippen LogP contribution < -0.4 is 5.56 Å². The zero-order valence-electron chi connectivity index (χ0n) is 18.5. The summed E-state index contributed by atoms with van der Waals surface area (Å²) in [5.41, 5.74) is 3.65. The maximum Gasteiger partial charge on any atom is 0.266 e. The molecule has 0 aliphatic heterocycles. The van der Waals surface area contributed by atoms with Crippen LogP contribution in [-0.2, 0) is 0 Å². The summed E-state index contributed by atoms with van der Waals surface area (Å²) in [6, 6.07) is 19.6. The van der Waals surface area contributed by atoms with Gasteiger partial charge in [0.15, 0.2) is 0 Å². The van der Waals surface area contributed by atoms with Gasteiger partial charge in [-0.3, -0.25) is 14.2 Å². The number of nitrogens with zero attached hydrogens (tertiary/aromatic N) is 3. The summed E-state index contributed by atoms with van der Waals surface area (Å²) in [6.07, 6.45) is 0. The monoisotopic (exact) mass is 445 g/mol. The maximum atomic E-state index is 13.6. The van der Waals surface area contributed by atoms with Crippen molar-refractivity contribution < 1.29 is 4.79 Å². The van der Waals surface area contributed by atoms with E-state index >= 15 is 0 Å². The number of aryl methyl sites for hydroxylation is 2. The Morgan fingerprint density at radius 1 is 1.03 bits per heavy atom. The molecule has 5 nitrogen and oxygen atoms in total. The molecule has 0 N–H and O–H groups in total. The van der Waals surface area contributed by atoms with Crippen molar-refractivity contribution in [3.8, 4) is 5.69 Å². The number of fused-ring (bicyclic) bond motifs is 1. The molecule has 4 aromatic rings. The third-order valence-corrected chi connectivity index (χ3v) is 6.10. The number of hydrogen-bond donors (Lipinski definition) is 0. The number of aromatic nitrogens is 2. The van der Waals surface area contributed by atoms with Gasteiger partial charge in [-0.15, -0.1) is 0 Å². The van der Waals surface area contributed by atoms with Crippen LogP contribution >= 0.6 is 11.6 Å². The summed E-state index contributed by atoms with van der Waals surface area (Å²) >= 11 is 6.26. The molecule has 1 heterocycles. The molecule has 0 aliphatic carbocycles. The SMILES string of the molecule is Cc1ccc(-n2c(C(C)N(C)C(=O)c3ccccc3Cl)nc3ccccc3c2=O)c(C)c1. The number of rotatable bonds is 4. The van der Waals surface area contributed by atoms with E-state index in [0.717, 1.165) is 16.8 Å². The van der Waals surface area contributed by atoms with Crippen molar-refractivity contribution in [3.63, 3.8) is 0 Å². The molecule has 0 aliphatic rings. The van der Waals surface area contributed by atoms with E-state index in [1.807, 2.05) is 57.2 Å². The fourth-order valence-electron chi connectivity index (χ4n) is 3.89. The highest BCUT2D eigenvalue weighted by Crippen LogP contribution is 2.26. The summed E-state index contributed by atoms with van der Waals surface area (Å²) < 4.78 is 1.62. The zero-order valence-corrected chi connectivity index (χ0v) is 19.2. The first-order valence-electron chi connectivity index (χ1n) is 10.4. The third-order valence-electron chi connectivity index (χ3n) is 5.77. The fourth-order valence-corrected chi connectivity index (χ4v) is 4.11. The molecular formula is C26H24ClN3O2. The summed E-state index contributed by atoms with van der Waals surface area (Å²) in [4.78, 5) is 33.2. The Balaban J connectivity index is 1.92. The van der Waals surface area contributed by atoms with Crippen LogP contribution in [0.25, 0.3) is 16.6 Å². The zero-order chi connectivity index (χ0) is 23.0. The van der Waals surface area contributed by atoms with E-state index in [-0.39, 0.29) is 11.5 Å². The highest BCUT2D eigenvalue weighted by molar-refractivity contribution is 6.33. The number of hydrogen-bond acceptors (Lipinski definition) is 3. The van der Waals surface area contributed by atoms with Crippen LogP contribution in [0.1, 0.15) is 40.3 Å². The second-order valence-corrected chi connectivity index (χ2v) is 8.40. The summed E-state index contributed by atoms with van der Waals surface area (Å²) in [5.74, 6) is 0.251. The van der Waals surface area contributed by atoms with Crippen LogP contribution in [-0.4, -0.2) is 27.4 Å². The highest BCUT2D eigenvalue weighted by atomic mass is 35.5. The van der Waals surface area contributed by atoms with E-state index in [0.29, 0.717) is 27.3 Å². The average molecular weight is 446 g/mol. The minimum Gasteiger partial charge on any atom is -0.332 e. The second-order valence-electron chi connectivity index (χ2n) is 7.99. The van der Waals surface area contributed by atoms with Crippen molar-refractivity contribution in [2.45, 2.75) is 26.8 Å². The van der Waals surface area contributed by atoms with Crippen LogP contribution in [0.15, 0.2) is 71.5 Å². The molecule has 1 atom stereocenters. The number of halogens is 1. The normalized spacial score (nSPS) is 12.0. The lowest BCUT2D eigenvalue weighted by Crippen LogP contribution is -2.35. The molecule has 1 aromatic heterocycles. The minimum absolute atomic E-state index is 0.164. The van der Waals surface area contributed by atoms with E-state index in [4.69, 9.17) is 16.6 Å². The third kappa shape index (κ3) is 3.80. The Hall–Kier alpha value is -3.44. The molecule has 0 saturated carbocycles. The van der Waals surface area contributed by atoms with Gasteiger partial charge in [-0.25, -0.2) is 4.98 Å². The van der Waals surface area contributed by atoms with Crippen LogP contribution in [0.2, 0.25) is 5.02 Å². The number of benzene rings is 3. The van der Waals surface area contributed by atoms with E-state index in [1.165, 1.54) is 0 Å². The molecule has 0 fully saturated rings. The van der Waals surface area contributed by atoms with Crippen LogP contribution in [0.5, 0.6) is 0 Å². The molecule has 4 rings (SSSR count). The van der Waals surface area contributed by atoms with Gasteiger partial charge in [0, 0.05) is 7.05 Å². The van der Waals surface area contributed by atoms with Crippen molar-refractivity contribution in [1.29, 1.82) is 0 Å². The van der Waals surface area contributed by atoms with Crippen molar-refractivity contribution in [1.82, 2.24) is 14.5 Å². The van der Waals surface area contributed by atoms with Crippen molar-refractivity contribution >= 4 is 28.4 Å². The molecule has 1 unspecified atom stereocenters. The van der Waals surface area contributed by atoms with Crippen molar-refractivity contribution in [3.05, 3.63) is 105 Å². The van der Waals surface area contributed by atoms with Gasteiger partial charge in [-0.05, 0) is 56.7 Å². The predicted molar refractivity (Wildman–Crippen MR) is 129 cm³/mol. The Labute approximate surface area is 191 Å². The molecule has 6 heteroatoms. The van der Waals surface area contributed by atoms with Crippen LogP contribution in [0.4, 0.5) is 0 Å². The summed E-state index contributed by atoms with van der Waals surface area (Å²) in [6.45, 7) is 5.85. The molecule has 0 radical (unpaired) electrons. The first-order valence-corrected chi connectivity index (χ1v) is 10.8. The lowest BCUT2D eigenvalue weighted by atomic mass is 10.1. The van der Waals surface area contributed by atoms with Gasteiger partial charge in [0.1, 0.15) is 5.82 Å². The molecule has 32 heavy (non-hydrogen) atoms. The first-order chi connectivity index (χ1) is 15.3. The summed E-state index contributed by atoms with van der Waals surface area (Å²) in [5, 5.41) is 0.915. The van der Waals surface area contributed by atoms with Gasteiger partial charge >= 0.3 is 0 Å². The lowest BCUT2D eigenvalue weighted by Gasteiger charge is -2.28. The largest absolute Gasteiger partial charge is 0.332 e.